The molecule has 25 heavy (non-hydrogen) atoms. The number of carbonyl (C=O) groups excluding carboxylic acids is 1. The van der Waals surface area contributed by atoms with Crippen LogP contribution < -0.4 is 5.32 Å². The summed E-state index contributed by atoms with van der Waals surface area (Å²) in [4.78, 5) is 14.0. The highest BCUT2D eigenvalue weighted by molar-refractivity contribution is 7.86. The number of amides is 1. The fourth-order valence-corrected chi connectivity index (χ4v) is 5.38. The number of carbonyl (C=O) groups is 1. The van der Waals surface area contributed by atoms with Crippen molar-refractivity contribution in [1.29, 1.82) is 0 Å². The molecule has 0 aromatic carbocycles. The lowest BCUT2D eigenvalue weighted by atomic mass is 9.96. The average molecular weight is 373 g/mol. The van der Waals surface area contributed by atoms with Gasteiger partial charge >= 0.3 is 0 Å². The van der Waals surface area contributed by atoms with Crippen LogP contribution >= 0.6 is 0 Å². The van der Waals surface area contributed by atoms with Gasteiger partial charge in [-0.2, -0.15) is 17.0 Å². The quantitative estimate of drug-likeness (QED) is 0.712. The molecule has 1 heterocycles. The van der Waals surface area contributed by atoms with E-state index in [4.69, 9.17) is 0 Å². The van der Waals surface area contributed by atoms with E-state index in [-0.39, 0.29) is 11.9 Å². The van der Waals surface area contributed by atoms with Crippen LogP contribution in [0, 0.1) is 5.92 Å². The van der Waals surface area contributed by atoms with Crippen molar-refractivity contribution in [2.75, 3.05) is 46.3 Å². The Labute approximate surface area is 151 Å². The van der Waals surface area contributed by atoms with E-state index >= 15 is 0 Å². The molecule has 0 aromatic rings. The number of hydrogen-bond acceptors (Lipinski definition) is 4. The summed E-state index contributed by atoms with van der Waals surface area (Å²) in [5, 5.41) is 3.22. The Kier molecular flexibility index (Phi) is 6.35. The summed E-state index contributed by atoms with van der Waals surface area (Å²) in [7, 11) is -1.70. The highest BCUT2D eigenvalue weighted by atomic mass is 32.2. The highest BCUT2D eigenvalue weighted by Crippen LogP contribution is 2.27. The minimum Gasteiger partial charge on any atom is -0.339 e. The van der Waals surface area contributed by atoms with Crippen molar-refractivity contribution in [3.05, 3.63) is 0 Å². The van der Waals surface area contributed by atoms with E-state index in [0.717, 1.165) is 38.1 Å². The third-order valence-corrected chi connectivity index (χ3v) is 7.82. The van der Waals surface area contributed by atoms with Gasteiger partial charge in [0.25, 0.3) is 10.2 Å². The van der Waals surface area contributed by atoms with Crippen LogP contribution in [0.5, 0.6) is 0 Å². The second-order valence-electron chi connectivity index (χ2n) is 7.67. The van der Waals surface area contributed by atoms with Crippen LogP contribution in [-0.2, 0) is 15.0 Å². The average Bonchev–Trinajstić information content (AvgIpc) is 3.46. The predicted octanol–water partition coefficient (Wildman–Crippen LogP) is 0.640. The monoisotopic (exact) mass is 372 g/mol. The van der Waals surface area contributed by atoms with Crippen molar-refractivity contribution in [3.63, 3.8) is 0 Å². The Morgan fingerprint density at radius 3 is 2.28 bits per heavy atom. The zero-order chi connectivity index (χ0) is 17.9. The summed E-state index contributed by atoms with van der Waals surface area (Å²) >= 11 is 0. The minimum absolute atomic E-state index is 0.0818. The Morgan fingerprint density at radius 2 is 1.68 bits per heavy atom. The lowest BCUT2D eigenvalue weighted by molar-refractivity contribution is -0.131. The molecule has 0 radical (unpaired) electrons. The lowest BCUT2D eigenvalue weighted by Crippen LogP contribution is -2.56. The van der Waals surface area contributed by atoms with Gasteiger partial charge in [-0.25, -0.2) is 0 Å². The molecule has 3 fully saturated rings. The Hall–Kier alpha value is -0.700. The molecule has 7 nitrogen and oxygen atoms in total. The van der Waals surface area contributed by atoms with Crippen molar-refractivity contribution in [3.8, 4) is 0 Å². The maximum Gasteiger partial charge on any atom is 0.282 e. The molecule has 2 aliphatic carbocycles. The van der Waals surface area contributed by atoms with Gasteiger partial charge in [-0.15, -0.1) is 0 Å². The second-order valence-corrected chi connectivity index (χ2v) is 9.66. The van der Waals surface area contributed by atoms with E-state index in [9.17, 15) is 13.2 Å². The van der Waals surface area contributed by atoms with Gasteiger partial charge in [0.05, 0.1) is 6.54 Å². The first-order chi connectivity index (χ1) is 12.0. The largest absolute Gasteiger partial charge is 0.339 e. The topological polar surface area (TPSA) is 73.0 Å². The fourth-order valence-electron chi connectivity index (χ4n) is 3.80. The number of nitrogens with zero attached hydrogens (tertiary/aromatic N) is 3. The Morgan fingerprint density at radius 1 is 1.04 bits per heavy atom. The summed E-state index contributed by atoms with van der Waals surface area (Å²) in [6.07, 6.45) is 7.89. The normalized spacial score (nSPS) is 24.0. The fraction of sp³-hybridized carbons (Fsp3) is 0.941. The predicted molar refractivity (Wildman–Crippen MR) is 97.3 cm³/mol. The lowest BCUT2D eigenvalue weighted by Gasteiger charge is -2.38. The van der Waals surface area contributed by atoms with Gasteiger partial charge in [-0.3, -0.25) is 4.79 Å². The smallest absolute Gasteiger partial charge is 0.282 e. The molecular formula is C17H32N4O3S. The summed E-state index contributed by atoms with van der Waals surface area (Å²) in [6.45, 7) is 3.06. The summed E-state index contributed by atoms with van der Waals surface area (Å²) in [5.74, 6) is 0.837. The van der Waals surface area contributed by atoms with Crippen molar-refractivity contribution >= 4 is 16.1 Å². The zero-order valence-corrected chi connectivity index (χ0v) is 16.1. The van der Waals surface area contributed by atoms with E-state index in [0.29, 0.717) is 32.7 Å². The first-order valence-electron chi connectivity index (χ1n) is 9.70. The van der Waals surface area contributed by atoms with Crippen molar-refractivity contribution < 1.29 is 13.2 Å². The van der Waals surface area contributed by atoms with Crippen molar-refractivity contribution in [2.45, 2.75) is 51.0 Å². The van der Waals surface area contributed by atoms with Gasteiger partial charge in [0.15, 0.2) is 0 Å². The first kappa shape index (κ1) is 19.1. The van der Waals surface area contributed by atoms with Gasteiger partial charge in [-0.05, 0) is 38.1 Å². The molecule has 1 amide bonds. The van der Waals surface area contributed by atoms with E-state index < -0.39 is 10.2 Å². The molecule has 8 heteroatoms. The SMILES string of the molecule is CN(C1CCCCC1)S(=O)(=O)N1CCN(C(=O)CNCC2CC2)CC1. The Balaban J connectivity index is 1.45. The van der Waals surface area contributed by atoms with Crippen LogP contribution in [0.25, 0.3) is 0 Å². The van der Waals surface area contributed by atoms with Gasteiger partial charge in [-0.1, -0.05) is 19.3 Å². The number of hydrogen-bond donors (Lipinski definition) is 1. The van der Waals surface area contributed by atoms with Crippen molar-refractivity contribution in [1.82, 2.24) is 18.8 Å². The minimum atomic E-state index is -3.42. The molecule has 0 aromatic heterocycles. The van der Waals surface area contributed by atoms with Crippen LogP contribution in [0.2, 0.25) is 0 Å². The van der Waals surface area contributed by atoms with Crippen molar-refractivity contribution in [2.24, 2.45) is 5.92 Å². The molecule has 1 aliphatic heterocycles. The third-order valence-electron chi connectivity index (χ3n) is 5.78. The van der Waals surface area contributed by atoms with Gasteiger partial charge in [0.2, 0.25) is 5.91 Å². The molecule has 1 saturated heterocycles. The second kappa shape index (κ2) is 8.33. The molecule has 1 N–H and O–H groups in total. The van der Waals surface area contributed by atoms with Crippen LogP contribution in [0.15, 0.2) is 0 Å². The van der Waals surface area contributed by atoms with Crippen LogP contribution in [0.4, 0.5) is 0 Å². The summed E-state index contributed by atoms with van der Waals surface area (Å²) < 4.78 is 28.8. The maximum atomic E-state index is 12.9. The van der Waals surface area contributed by atoms with Gasteiger partial charge in [0, 0.05) is 39.3 Å². The number of piperazine rings is 1. The molecule has 3 rings (SSSR count). The number of nitrogens with one attached hydrogen (secondary N) is 1. The van der Waals surface area contributed by atoms with Gasteiger partial charge in [0.1, 0.15) is 0 Å². The molecule has 3 aliphatic rings. The van der Waals surface area contributed by atoms with Gasteiger partial charge < -0.3 is 10.2 Å². The highest BCUT2D eigenvalue weighted by Gasteiger charge is 2.35. The molecule has 0 bridgehead atoms. The maximum absolute atomic E-state index is 12.9. The summed E-state index contributed by atoms with van der Waals surface area (Å²) in [6, 6.07) is 0.130. The van der Waals surface area contributed by atoms with Crippen LogP contribution in [0.1, 0.15) is 44.9 Å². The molecule has 144 valence electrons. The van der Waals surface area contributed by atoms with Crippen LogP contribution in [0.3, 0.4) is 0 Å². The third kappa shape index (κ3) is 4.93. The molecule has 0 atom stereocenters. The zero-order valence-electron chi connectivity index (χ0n) is 15.3. The van der Waals surface area contributed by atoms with E-state index in [1.807, 2.05) is 0 Å². The Bertz CT molecular complexity index is 550. The van der Waals surface area contributed by atoms with E-state index in [2.05, 4.69) is 5.32 Å². The van der Waals surface area contributed by atoms with Crippen LogP contribution in [-0.4, -0.2) is 80.2 Å². The van der Waals surface area contributed by atoms with E-state index in [1.165, 1.54) is 19.3 Å². The first-order valence-corrected chi connectivity index (χ1v) is 11.1. The molecular weight excluding hydrogens is 340 g/mol. The summed E-state index contributed by atoms with van der Waals surface area (Å²) in [5.41, 5.74) is 0. The standard InChI is InChI=1S/C17H32N4O3S/c1-19(16-5-3-2-4-6-16)25(23,24)21-11-9-20(10-12-21)17(22)14-18-13-15-7-8-15/h15-16,18H,2-14H2,1H3. The van der Waals surface area contributed by atoms with E-state index in [1.54, 1.807) is 20.6 Å². The molecule has 0 unspecified atom stereocenters. The molecule has 2 saturated carbocycles. The molecule has 0 spiro atoms. The number of rotatable bonds is 7.